The maximum atomic E-state index is 11.5. The number of methoxy groups -OCH3 is 1. The lowest BCUT2D eigenvalue weighted by Gasteiger charge is -2.16. The highest BCUT2D eigenvalue weighted by atomic mass is 16.5. The van der Waals surface area contributed by atoms with E-state index in [1.807, 2.05) is 19.2 Å². The first-order valence-electron chi connectivity index (χ1n) is 7.24. The summed E-state index contributed by atoms with van der Waals surface area (Å²) in [6, 6.07) is 8.15. The molecule has 1 rings (SSSR count). The van der Waals surface area contributed by atoms with Crippen molar-refractivity contribution in [3.63, 3.8) is 0 Å². The second-order valence-electron chi connectivity index (χ2n) is 5.04. The molecular formula is C16H26N2O2. The molecule has 1 N–H and O–H groups in total. The molecule has 0 spiro atoms. The minimum absolute atomic E-state index is 0.110. The Labute approximate surface area is 122 Å². The van der Waals surface area contributed by atoms with Gasteiger partial charge in [-0.1, -0.05) is 19.1 Å². The van der Waals surface area contributed by atoms with Crippen LogP contribution in [0.2, 0.25) is 0 Å². The highest BCUT2D eigenvalue weighted by molar-refractivity contribution is 5.77. The van der Waals surface area contributed by atoms with Crippen molar-refractivity contribution in [1.29, 1.82) is 0 Å². The number of nitrogens with zero attached hydrogens (tertiary/aromatic N) is 1. The summed E-state index contributed by atoms with van der Waals surface area (Å²) in [5.41, 5.74) is 1.30. The minimum atomic E-state index is 0.110. The normalized spacial score (nSPS) is 10.6. The second-order valence-corrected chi connectivity index (χ2v) is 5.04. The van der Waals surface area contributed by atoms with Gasteiger partial charge in [0.2, 0.25) is 5.91 Å². The third-order valence-corrected chi connectivity index (χ3v) is 3.15. The van der Waals surface area contributed by atoms with Gasteiger partial charge in [0.1, 0.15) is 5.75 Å². The van der Waals surface area contributed by atoms with Crippen LogP contribution in [-0.4, -0.2) is 44.6 Å². The molecular weight excluding hydrogens is 252 g/mol. The predicted octanol–water partition coefficient (Wildman–Crippen LogP) is 2.09. The van der Waals surface area contributed by atoms with Crippen LogP contribution in [0.15, 0.2) is 24.3 Å². The number of carbonyl (C=O) groups is 1. The average Bonchev–Trinajstić information content (AvgIpc) is 2.45. The molecule has 1 aromatic rings. The number of hydrogen-bond donors (Lipinski definition) is 1. The van der Waals surface area contributed by atoms with E-state index in [0.717, 1.165) is 38.1 Å². The van der Waals surface area contributed by atoms with Crippen LogP contribution >= 0.6 is 0 Å². The van der Waals surface area contributed by atoms with Gasteiger partial charge in [0.15, 0.2) is 0 Å². The SMILES string of the molecule is CCCNC(=O)CN(C)CCCc1ccc(OC)cc1. The van der Waals surface area contributed by atoms with Crippen molar-refractivity contribution in [2.24, 2.45) is 0 Å². The molecule has 1 amide bonds. The van der Waals surface area contributed by atoms with Crippen LogP contribution in [0.4, 0.5) is 0 Å². The zero-order chi connectivity index (χ0) is 14.8. The van der Waals surface area contributed by atoms with Gasteiger partial charge in [-0.3, -0.25) is 9.69 Å². The van der Waals surface area contributed by atoms with Gasteiger partial charge in [-0.15, -0.1) is 0 Å². The van der Waals surface area contributed by atoms with Gasteiger partial charge < -0.3 is 10.1 Å². The molecule has 0 saturated carbocycles. The van der Waals surface area contributed by atoms with Crippen LogP contribution in [0, 0.1) is 0 Å². The van der Waals surface area contributed by atoms with Crippen molar-refractivity contribution in [1.82, 2.24) is 10.2 Å². The number of amides is 1. The van der Waals surface area contributed by atoms with Gasteiger partial charge in [0.05, 0.1) is 13.7 Å². The number of benzene rings is 1. The number of hydrogen-bond acceptors (Lipinski definition) is 3. The lowest BCUT2D eigenvalue weighted by molar-refractivity contribution is -0.121. The van der Waals surface area contributed by atoms with Crippen molar-refractivity contribution in [3.05, 3.63) is 29.8 Å². The summed E-state index contributed by atoms with van der Waals surface area (Å²) in [5, 5.41) is 2.89. The van der Waals surface area contributed by atoms with E-state index in [9.17, 15) is 4.79 Å². The van der Waals surface area contributed by atoms with E-state index in [4.69, 9.17) is 4.74 Å². The first-order chi connectivity index (χ1) is 9.65. The van der Waals surface area contributed by atoms with Crippen molar-refractivity contribution in [2.75, 3.05) is 33.8 Å². The Kier molecular flexibility index (Phi) is 7.73. The van der Waals surface area contributed by atoms with Gasteiger partial charge in [-0.25, -0.2) is 0 Å². The number of carbonyl (C=O) groups excluding carboxylic acids is 1. The van der Waals surface area contributed by atoms with Crippen molar-refractivity contribution < 1.29 is 9.53 Å². The van der Waals surface area contributed by atoms with Gasteiger partial charge in [-0.2, -0.15) is 0 Å². The van der Waals surface area contributed by atoms with E-state index in [2.05, 4.69) is 29.3 Å². The zero-order valence-electron chi connectivity index (χ0n) is 12.8. The van der Waals surface area contributed by atoms with Gasteiger partial charge in [-0.05, 0) is 50.6 Å². The van der Waals surface area contributed by atoms with Crippen molar-refractivity contribution in [2.45, 2.75) is 26.2 Å². The third kappa shape index (κ3) is 6.57. The Bertz CT molecular complexity index is 390. The number of aryl methyl sites for hydroxylation is 1. The van der Waals surface area contributed by atoms with Gasteiger partial charge >= 0.3 is 0 Å². The summed E-state index contributed by atoms with van der Waals surface area (Å²) in [6.07, 6.45) is 3.04. The Hall–Kier alpha value is -1.55. The molecule has 0 heterocycles. The Morgan fingerprint density at radius 1 is 1.30 bits per heavy atom. The molecule has 0 atom stereocenters. The molecule has 0 fully saturated rings. The molecule has 20 heavy (non-hydrogen) atoms. The van der Waals surface area contributed by atoms with Gasteiger partial charge in [0.25, 0.3) is 0 Å². The average molecular weight is 278 g/mol. The summed E-state index contributed by atoms with van der Waals surface area (Å²) in [4.78, 5) is 13.6. The molecule has 0 radical (unpaired) electrons. The number of likely N-dealkylation sites (N-methyl/N-ethyl adjacent to an activating group) is 1. The summed E-state index contributed by atoms with van der Waals surface area (Å²) in [6.45, 7) is 4.21. The zero-order valence-corrected chi connectivity index (χ0v) is 12.8. The van der Waals surface area contributed by atoms with Crippen LogP contribution in [0.25, 0.3) is 0 Å². The minimum Gasteiger partial charge on any atom is -0.497 e. The highest BCUT2D eigenvalue weighted by Crippen LogP contribution is 2.12. The van der Waals surface area contributed by atoms with E-state index in [1.54, 1.807) is 7.11 Å². The summed E-state index contributed by atoms with van der Waals surface area (Å²) < 4.78 is 5.14. The predicted molar refractivity (Wildman–Crippen MR) is 82.1 cm³/mol. The van der Waals surface area contributed by atoms with E-state index in [-0.39, 0.29) is 5.91 Å². The monoisotopic (exact) mass is 278 g/mol. The van der Waals surface area contributed by atoms with Crippen LogP contribution in [0.5, 0.6) is 5.75 Å². The first-order valence-corrected chi connectivity index (χ1v) is 7.24. The van der Waals surface area contributed by atoms with Crippen molar-refractivity contribution >= 4 is 5.91 Å². The Balaban J connectivity index is 2.20. The van der Waals surface area contributed by atoms with Crippen molar-refractivity contribution in [3.8, 4) is 5.75 Å². The van der Waals surface area contributed by atoms with Crippen LogP contribution in [-0.2, 0) is 11.2 Å². The fraction of sp³-hybridized carbons (Fsp3) is 0.562. The fourth-order valence-corrected chi connectivity index (χ4v) is 1.99. The molecule has 0 aliphatic heterocycles. The lowest BCUT2D eigenvalue weighted by atomic mass is 10.1. The van der Waals surface area contributed by atoms with Gasteiger partial charge in [0, 0.05) is 6.54 Å². The molecule has 1 aromatic carbocycles. The second kappa shape index (κ2) is 9.37. The molecule has 0 saturated heterocycles. The van der Waals surface area contributed by atoms with Crippen LogP contribution in [0.1, 0.15) is 25.3 Å². The number of nitrogens with one attached hydrogen (secondary N) is 1. The topological polar surface area (TPSA) is 41.6 Å². The molecule has 0 aliphatic carbocycles. The maximum absolute atomic E-state index is 11.5. The molecule has 4 heteroatoms. The van der Waals surface area contributed by atoms with E-state index in [1.165, 1.54) is 5.56 Å². The molecule has 0 aromatic heterocycles. The molecule has 112 valence electrons. The maximum Gasteiger partial charge on any atom is 0.234 e. The lowest BCUT2D eigenvalue weighted by Crippen LogP contribution is -2.35. The quantitative estimate of drug-likeness (QED) is 0.752. The smallest absolute Gasteiger partial charge is 0.234 e. The summed E-state index contributed by atoms with van der Waals surface area (Å²) >= 11 is 0. The number of rotatable bonds is 9. The van der Waals surface area contributed by atoms with Crippen LogP contribution in [0.3, 0.4) is 0 Å². The molecule has 0 aliphatic rings. The summed E-state index contributed by atoms with van der Waals surface area (Å²) in [5.74, 6) is 0.997. The van der Waals surface area contributed by atoms with Crippen LogP contribution < -0.4 is 10.1 Å². The van der Waals surface area contributed by atoms with E-state index < -0.39 is 0 Å². The Morgan fingerprint density at radius 3 is 2.60 bits per heavy atom. The molecule has 0 unspecified atom stereocenters. The largest absolute Gasteiger partial charge is 0.497 e. The van der Waals surface area contributed by atoms with E-state index in [0.29, 0.717) is 6.54 Å². The fourth-order valence-electron chi connectivity index (χ4n) is 1.99. The Morgan fingerprint density at radius 2 is 2.00 bits per heavy atom. The first kappa shape index (κ1) is 16.5. The molecule has 0 bridgehead atoms. The highest BCUT2D eigenvalue weighted by Gasteiger charge is 2.05. The third-order valence-electron chi connectivity index (χ3n) is 3.15. The summed E-state index contributed by atoms with van der Waals surface area (Å²) in [7, 11) is 3.66. The van der Waals surface area contributed by atoms with E-state index >= 15 is 0 Å². The standard InChI is InChI=1S/C16H26N2O2/c1-4-11-17-16(19)13-18(2)12-5-6-14-7-9-15(20-3)10-8-14/h7-10H,4-6,11-13H2,1-3H3,(H,17,19). The molecule has 4 nitrogen and oxygen atoms in total. The number of ether oxygens (including phenoxy) is 1.